The highest BCUT2D eigenvalue weighted by molar-refractivity contribution is 5.78. The number of hydrogen-bond donors (Lipinski definition) is 1. The van der Waals surface area contributed by atoms with Gasteiger partial charge in [-0.3, -0.25) is 14.6 Å². The predicted octanol–water partition coefficient (Wildman–Crippen LogP) is 2.66. The van der Waals surface area contributed by atoms with Gasteiger partial charge >= 0.3 is 0 Å². The van der Waals surface area contributed by atoms with Gasteiger partial charge in [0.25, 0.3) is 0 Å². The zero-order valence-electron chi connectivity index (χ0n) is 17.3. The van der Waals surface area contributed by atoms with Crippen molar-refractivity contribution in [2.75, 3.05) is 38.1 Å². The molecule has 2 aromatic rings. The molecule has 2 aliphatic heterocycles. The van der Waals surface area contributed by atoms with E-state index in [9.17, 15) is 14.0 Å². The van der Waals surface area contributed by atoms with Gasteiger partial charge in [0.15, 0.2) is 0 Å². The highest BCUT2D eigenvalue weighted by Crippen LogP contribution is 2.23. The van der Waals surface area contributed by atoms with Crippen molar-refractivity contribution in [1.82, 2.24) is 19.8 Å². The molecule has 1 unspecified atom stereocenters. The maximum Gasteiger partial charge on any atom is 0.222 e. The average Bonchev–Trinajstić information content (AvgIpc) is 3.20. The molecule has 1 N–H and O–H groups in total. The van der Waals surface area contributed by atoms with Crippen LogP contribution in [0.5, 0.6) is 0 Å². The number of halogens is 1. The van der Waals surface area contributed by atoms with Crippen LogP contribution >= 0.6 is 0 Å². The van der Waals surface area contributed by atoms with E-state index in [1.807, 2.05) is 21.9 Å². The molecule has 0 aromatic carbocycles. The first-order valence-corrected chi connectivity index (χ1v) is 10.6. The molecule has 4 rings (SSSR count). The zero-order chi connectivity index (χ0) is 21.6. The topological polar surface area (TPSA) is 87.7 Å². The lowest BCUT2D eigenvalue weighted by Crippen LogP contribution is -2.42. The first-order chi connectivity index (χ1) is 15.1. The largest absolute Gasteiger partial charge is 0.368 e. The summed E-state index contributed by atoms with van der Waals surface area (Å²) in [7, 11) is 0. The molecule has 8 nitrogen and oxygen atoms in total. The number of amides is 2. The van der Waals surface area contributed by atoms with Crippen molar-refractivity contribution in [1.29, 1.82) is 0 Å². The second kappa shape index (κ2) is 9.82. The number of carbonyl (C=O) groups excluding carboxylic acids is 2. The lowest BCUT2D eigenvalue weighted by Gasteiger charge is -2.33. The molecule has 2 aliphatic rings. The highest BCUT2D eigenvalue weighted by atomic mass is 19.1. The number of pyridine rings is 2. The number of morpholine rings is 1. The number of ether oxygens (including phenoxy) is 1. The Balaban J connectivity index is 1.27. The molecule has 2 aromatic heterocycles. The Kier molecular flexibility index (Phi) is 6.71. The van der Waals surface area contributed by atoms with E-state index in [-0.39, 0.29) is 17.9 Å². The minimum Gasteiger partial charge on any atom is -0.368 e. The summed E-state index contributed by atoms with van der Waals surface area (Å²) in [5.41, 5.74) is 1.47. The lowest BCUT2D eigenvalue weighted by molar-refractivity contribution is -0.139. The Morgan fingerprint density at radius 1 is 1.19 bits per heavy atom. The van der Waals surface area contributed by atoms with Crippen molar-refractivity contribution in [3.8, 4) is 0 Å². The number of anilines is 2. The van der Waals surface area contributed by atoms with E-state index in [4.69, 9.17) is 4.74 Å². The van der Waals surface area contributed by atoms with Gasteiger partial charge in [-0.05, 0) is 37.1 Å². The zero-order valence-corrected chi connectivity index (χ0v) is 17.3. The summed E-state index contributed by atoms with van der Waals surface area (Å²) in [5, 5.41) is 3.06. The summed E-state index contributed by atoms with van der Waals surface area (Å²) >= 11 is 0. The van der Waals surface area contributed by atoms with E-state index in [0.29, 0.717) is 51.3 Å². The summed E-state index contributed by atoms with van der Waals surface area (Å²) in [6.07, 6.45) is 5.18. The van der Waals surface area contributed by atoms with Gasteiger partial charge in [0, 0.05) is 32.5 Å². The second-order valence-corrected chi connectivity index (χ2v) is 7.75. The summed E-state index contributed by atoms with van der Waals surface area (Å²) in [4.78, 5) is 36.4. The molecule has 0 radical (unpaired) electrons. The molecule has 2 saturated heterocycles. The van der Waals surface area contributed by atoms with Gasteiger partial charge in [0.05, 0.1) is 36.9 Å². The fourth-order valence-corrected chi connectivity index (χ4v) is 3.84. The summed E-state index contributed by atoms with van der Waals surface area (Å²) in [6, 6.07) is 6.59. The smallest absolute Gasteiger partial charge is 0.222 e. The molecule has 164 valence electrons. The molecule has 0 spiro atoms. The van der Waals surface area contributed by atoms with Crippen LogP contribution in [-0.2, 0) is 14.3 Å². The lowest BCUT2D eigenvalue weighted by atomic mass is 10.1. The maximum atomic E-state index is 13.0. The predicted molar refractivity (Wildman–Crippen MR) is 112 cm³/mol. The van der Waals surface area contributed by atoms with E-state index in [0.717, 1.165) is 30.5 Å². The van der Waals surface area contributed by atoms with Gasteiger partial charge in [-0.15, -0.1) is 0 Å². The van der Waals surface area contributed by atoms with E-state index < -0.39 is 5.82 Å². The van der Waals surface area contributed by atoms with Crippen LogP contribution in [0.2, 0.25) is 0 Å². The Hall–Kier alpha value is -3.07. The molecule has 9 heteroatoms. The van der Waals surface area contributed by atoms with Gasteiger partial charge in [-0.2, -0.15) is 0 Å². The second-order valence-electron chi connectivity index (χ2n) is 7.75. The van der Waals surface area contributed by atoms with E-state index in [1.165, 1.54) is 6.07 Å². The van der Waals surface area contributed by atoms with Crippen LogP contribution in [-0.4, -0.2) is 64.4 Å². The van der Waals surface area contributed by atoms with Crippen LogP contribution in [0.1, 0.15) is 37.5 Å². The van der Waals surface area contributed by atoms with Crippen LogP contribution in [0, 0.1) is 5.82 Å². The molecular formula is C22H26FN5O3. The number of carbonyl (C=O) groups is 2. The molecule has 2 amide bonds. The van der Waals surface area contributed by atoms with Crippen LogP contribution < -0.4 is 5.32 Å². The summed E-state index contributed by atoms with van der Waals surface area (Å²) < 4.78 is 18.8. The van der Waals surface area contributed by atoms with Gasteiger partial charge in [-0.25, -0.2) is 9.37 Å². The van der Waals surface area contributed by atoms with Crippen molar-refractivity contribution in [3.05, 3.63) is 48.2 Å². The van der Waals surface area contributed by atoms with Gasteiger partial charge in [0.2, 0.25) is 11.8 Å². The molecular weight excluding hydrogens is 401 g/mol. The Morgan fingerprint density at radius 3 is 2.81 bits per heavy atom. The van der Waals surface area contributed by atoms with Gasteiger partial charge in [-0.1, -0.05) is 0 Å². The number of nitrogens with one attached hydrogen (secondary N) is 1. The molecule has 0 bridgehead atoms. The van der Waals surface area contributed by atoms with Crippen LogP contribution in [0.25, 0.3) is 0 Å². The third-order valence-electron chi connectivity index (χ3n) is 5.53. The molecule has 2 fully saturated rings. The molecule has 4 heterocycles. The van der Waals surface area contributed by atoms with Gasteiger partial charge < -0.3 is 19.9 Å². The number of rotatable bonds is 7. The Morgan fingerprint density at radius 2 is 2.10 bits per heavy atom. The molecule has 0 aliphatic carbocycles. The first-order valence-electron chi connectivity index (χ1n) is 10.6. The highest BCUT2D eigenvalue weighted by Gasteiger charge is 2.26. The molecule has 31 heavy (non-hydrogen) atoms. The summed E-state index contributed by atoms with van der Waals surface area (Å²) in [6.45, 7) is 2.94. The molecule has 1 atom stereocenters. The minimum absolute atomic E-state index is 0.0839. The Bertz CT molecular complexity index is 906. The third-order valence-corrected chi connectivity index (χ3v) is 5.53. The van der Waals surface area contributed by atoms with Gasteiger partial charge in [0.1, 0.15) is 17.7 Å². The molecule has 0 saturated carbocycles. The first kappa shape index (κ1) is 21.2. The van der Waals surface area contributed by atoms with Crippen LogP contribution in [0.4, 0.5) is 15.9 Å². The Labute approximate surface area is 180 Å². The third kappa shape index (κ3) is 5.55. The van der Waals surface area contributed by atoms with E-state index >= 15 is 0 Å². The van der Waals surface area contributed by atoms with Crippen LogP contribution in [0.15, 0.2) is 36.7 Å². The van der Waals surface area contributed by atoms with E-state index in [1.54, 1.807) is 12.3 Å². The van der Waals surface area contributed by atoms with Crippen molar-refractivity contribution < 1.29 is 18.7 Å². The number of likely N-dealkylation sites (tertiary alicyclic amines) is 1. The number of nitrogens with zero attached hydrogens (tertiary/aromatic N) is 4. The minimum atomic E-state index is -0.392. The number of aromatic nitrogens is 2. The standard InChI is InChI=1S/C22H26FN5O3/c23-16-5-8-20(25-13-16)26-17-6-7-18(24-14-17)19-15-28(11-12-31-19)22(30)4-2-10-27-9-1-3-21(27)29/h5-8,13-14,19H,1-4,9-12,15H2,(H,25,26). The van der Waals surface area contributed by atoms with Crippen molar-refractivity contribution >= 4 is 23.3 Å². The fraction of sp³-hybridized carbons (Fsp3) is 0.455. The number of hydrogen-bond acceptors (Lipinski definition) is 6. The van der Waals surface area contributed by atoms with Crippen molar-refractivity contribution in [2.45, 2.75) is 31.8 Å². The SMILES string of the molecule is O=C1CCCN1CCCC(=O)N1CCOC(c2ccc(Nc3ccc(F)cn3)cn2)C1. The normalized spacial score (nSPS) is 19.0. The summed E-state index contributed by atoms with van der Waals surface area (Å²) in [5.74, 6) is 0.410. The maximum absolute atomic E-state index is 13.0. The van der Waals surface area contributed by atoms with Crippen LogP contribution in [0.3, 0.4) is 0 Å². The fourth-order valence-electron chi connectivity index (χ4n) is 3.84. The van der Waals surface area contributed by atoms with Crippen molar-refractivity contribution in [2.24, 2.45) is 0 Å². The van der Waals surface area contributed by atoms with E-state index in [2.05, 4.69) is 15.3 Å². The van der Waals surface area contributed by atoms with Crippen molar-refractivity contribution in [3.63, 3.8) is 0 Å². The quantitative estimate of drug-likeness (QED) is 0.731. The average molecular weight is 427 g/mol. The monoisotopic (exact) mass is 427 g/mol.